The first-order valence-corrected chi connectivity index (χ1v) is 12.0. The molecule has 1 fully saturated rings. The molecule has 1 N–H and O–H groups in total. The molecule has 0 aromatic heterocycles. The van der Waals surface area contributed by atoms with Gasteiger partial charge in [-0.3, -0.25) is 9.89 Å². The topological polar surface area (TPSA) is 30.9 Å². The van der Waals surface area contributed by atoms with Crippen LogP contribution in [0.5, 0.6) is 0 Å². The van der Waals surface area contributed by atoms with Gasteiger partial charge in [0.05, 0.1) is 5.69 Å². The Morgan fingerprint density at radius 2 is 1.85 bits per heavy atom. The summed E-state index contributed by atoms with van der Waals surface area (Å²) in [6, 6.07) is 13.8. The van der Waals surface area contributed by atoms with E-state index in [1.54, 1.807) is 12.1 Å². The van der Waals surface area contributed by atoms with Crippen molar-refractivity contribution in [1.29, 1.82) is 0 Å². The number of hydrogen-bond acceptors (Lipinski definition) is 4. The van der Waals surface area contributed by atoms with Crippen molar-refractivity contribution in [2.75, 3.05) is 23.3 Å². The van der Waals surface area contributed by atoms with E-state index >= 15 is 0 Å². The number of likely N-dealkylation sites (tertiary alicyclic amines) is 1. The van der Waals surface area contributed by atoms with Gasteiger partial charge in [-0.25, -0.2) is 0 Å². The summed E-state index contributed by atoms with van der Waals surface area (Å²) in [6.07, 6.45) is 2.62. The maximum atomic E-state index is 14.0. The number of aliphatic imine (C=N–C) groups is 1. The molecule has 2 aromatic carbocycles. The summed E-state index contributed by atoms with van der Waals surface area (Å²) in [6.45, 7) is 10.7. The first kappa shape index (κ1) is 25.8. The minimum Gasteiger partial charge on any atom is -0.382 e. The summed E-state index contributed by atoms with van der Waals surface area (Å²) < 4.78 is 27.9. The van der Waals surface area contributed by atoms with Gasteiger partial charge in [-0.1, -0.05) is 37.8 Å². The standard InChI is InChI=1S/C27H35BF2N4/c1-6-20(4)31-26(28)24-12-11-23(17-19(24)3)32-22-13-15-33(16-14-22)21(5)34(27(29)30)25-10-8-7-9-18(25)2/h7-12,17,20,22,27,32H,5-6,13-16H2,1-4H3. The summed E-state index contributed by atoms with van der Waals surface area (Å²) in [7, 11) is 6.21. The molecule has 1 aliphatic heterocycles. The third-order valence-electron chi connectivity index (χ3n) is 6.53. The number of benzene rings is 2. The molecule has 0 spiro atoms. The molecule has 34 heavy (non-hydrogen) atoms. The highest BCUT2D eigenvalue weighted by Crippen LogP contribution is 2.30. The zero-order valence-electron chi connectivity index (χ0n) is 20.7. The highest BCUT2D eigenvalue weighted by atomic mass is 19.3. The summed E-state index contributed by atoms with van der Waals surface area (Å²) in [5.41, 5.74) is 4.93. The van der Waals surface area contributed by atoms with Crippen LogP contribution in [0.1, 0.15) is 49.8 Å². The minimum absolute atomic E-state index is 0.198. The lowest BCUT2D eigenvalue weighted by Gasteiger charge is -2.40. The quantitative estimate of drug-likeness (QED) is 0.277. The average molecular weight is 464 g/mol. The van der Waals surface area contributed by atoms with Crippen molar-refractivity contribution in [2.24, 2.45) is 4.99 Å². The van der Waals surface area contributed by atoms with E-state index in [1.807, 2.05) is 43.0 Å². The van der Waals surface area contributed by atoms with Gasteiger partial charge in [0.15, 0.2) is 0 Å². The number of rotatable bonds is 9. The van der Waals surface area contributed by atoms with Crippen LogP contribution in [-0.2, 0) is 0 Å². The number of nitrogens with zero attached hydrogens (tertiary/aromatic N) is 3. The van der Waals surface area contributed by atoms with Crippen molar-refractivity contribution < 1.29 is 8.78 Å². The zero-order valence-corrected chi connectivity index (χ0v) is 20.7. The van der Waals surface area contributed by atoms with E-state index in [-0.39, 0.29) is 12.1 Å². The summed E-state index contributed by atoms with van der Waals surface area (Å²) >= 11 is 0. The number of hydrogen-bond donors (Lipinski definition) is 1. The van der Waals surface area contributed by atoms with Crippen LogP contribution >= 0.6 is 0 Å². The van der Waals surface area contributed by atoms with Crippen LogP contribution in [0, 0.1) is 13.8 Å². The highest BCUT2D eigenvalue weighted by molar-refractivity contribution is 6.64. The Bertz CT molecular complexity index is 1020. The van der Waals surface area contributed by atoms with E-state index in [9.17, 15) is 8.78 Å². The molecule has 1 unspecified atom stereocenters. The number of piperidine rings is 1. The maximum absolute atomic E-state index is 14.0. The van der Waals surface area contributed by atoms with Crippen LogP contribution in [0.3, 0.4) is 0 Å². The molecule has 0 bridgehead atoms. The third kappa shape index (κ3) is 6.19. The fourth-order valence-corrected chi connectivity index (χ4v) is 4.30. The molecule has 4 nitrogen and oxygen atoms in total. The Morgan fingerprint density at radius 3 is 2.44 bits per heavy atom. The van der Waals surface area contributed by atoms with Gasteiger partial charge in [0.2, 0.25) is 0 Å². The Hall–Kier alpha value is -2.83. The van der Waals surface area contributed by atoms with Gasteiger partial charge >= 0.3 is 6.55 Å². The van der Waals surface area contributed by atoms with Crippen molar-refractivity contribution in [3.63, 3.8) is 0 Å². The number of anilines is 2. The van der Waals surface area contributed by atoms with E-state index in [0.29, 0.717) is 30.2 Å². The smallest absolute Gasteiger partial charge is 0.320 e. The molecule has 0 saturated carbocycles. The van der Waals surface area contributed by atoms with Crippen LogP contribution in [0.4, 0.5) is 20.2 Å². The monoisotopic (exact) mass is 464 g/mol. The second-order valence-electron chi connectivity index (χ2n) is 9.06. The molecule has 1 atom stereocenters. The number of halogens is 2. The first-order chi connectivity index (χ1) is 16.2. The molecule has 2 aromatic rings. The highest BCUT2D eigenvalue weighted by Gasteiger charge is 2.28. The van der Waals surface area contributed by atoms with E-state index in [4.69, 9.17) is 7.85 Å². The van der Waals surface area contributed by atoms with E-state index in [1.165, 1.54) is 0 Å². The molecule has 1 aliphatic rings. The molecule has 0 aliphatic carbocycles. The lowest BCUT2D eigenvalue weighted by atomic mass is 9.89. The number of alkyl halides is 2. The second kappa shape index (κ2) is 11.5. The predicted molar refractivity (Wildman–Crippen MR) is 140 cm³/mol. The van der Waals surface area contributed by atoms with Crippen molar-refractivity contribution >= 4 is 24.8 Å². The number of para-hydroxylation sites is 1. The van der Waals surface area contributed by atoms with Gasteiger partial charge in [-0.05, 0) is 80.5 Å². The molecule has 3 rings (SSSR count). The van der Waals surface area contributed by atoms with Gasteiger partial charge in [0.1, 0.15) is 13.7 Å². The fraction of sp³-hybridized carbons (Fsp3) is 0.444. The zero-order chi connectivity index (χ0) is 24.8. The lowest BCUT2D eigenvalue weighted by Crippen LogP contribution is -2.44. The van der Waals surface area contributed by atoms with Crippen molar-refractivity contribution in [2.45, 2.75) is 65.6 Å². The van der Waals surface area contributed by atoms with Gasteiger partial charge < -0.3 is 10.2 Å². The molecule has 1 heterocycles. The van der Waals surface area contributed by atoms with Crippen LogP contribution in [-0.4, -0.2) is 50.1 Å². The van der Waals surface area contributed by atoms with Gasteiger partial charge in [-0.15, -0.1) is 0 Å². The lowest BCUT2D eigenvalue weighted by molar-refractivity contribution is 0.134. The van der Waals surface area contributed by atoms with E-state index in [2.05, 4.69) is 36.8 Å². The SMILES string of the molecule is [B]C(=NC(C)CC)c1ccc(NC2CCN(C(=C)N(c3ccccc3C)C(F)F)CC2)cc1C. The summed E-state index contributed by atoms with van der Waals surface area (Å²) in [5, 5.41) is 3.59. The Balaban J connectivity index is 1.62. The number of aryl methyl sites for hydroxylation is 2. The Kier molecular flexibility index (Phi) is 8.75. The second-order valence-corrected chi connectivity index (χ2v) is 9.06. The normalized spacial score (nSPS) is 16.0. The van der Waals surface area contributed by atoms with E-state index in [0.717, 1.165) is 46.5 Å². The van der Waals surface area contributed by atoms with Crippen LogP contribution in [0.15, 0.2) is 59.9 Å². The van der Waals surface area contributed by atoms with Crippen LogP contribution in [0.2, 0.25) is 0 Å². The Morgan fingerprint density at radius 1 is 1.18 bits per heavy atom. The van der Waals surface area contributed by atoms with Crippen molar-refractivity contribution in [3.05, 3.63) is 71.6 Å². The van der Waals surface area contributed by atoms with Gasteiger partial charge in [0.25, 0.3) is 0 Å². The van der Waals surface area contributed by atoms with Gasteiger partial charge in [0, 0.05) is 30.9 Å². The molecule has 7 heteroatoms. The third-order valence-corrected chi connectivity index (χ3v) is 6.53. The molecule has 180 valence electrons. The summed E-state index contributed by atoms with van der Waals surface area (Å²) in [4.78, 5) is 7.55. The van der Waals surface area contributed by atoms with Crippen molar-refractivity contribution in [3.8, 4) is 0 Å². The van der Waals surface area contributed by atoms with Crippen molar-refractivity contribution in [1.82, 2.24) is 4.90 Å². The molecular weight excluding hydrogens is 429 g/mol. The average Bonchev–Trinajstić information content (AvgIpc) is 2.80. The van der Waals surface area contributed by atoms with Gasteiger partial charge in [-0.2, -0.15) is 8.78 Å². The molecular formula is C27H35BF2N4. The minimum atomic E-state index is -2.65. The Labute approximate surface area is 204 Å². The molecule has 0 amide bonds. The molecule has 2 radical (unpaired) electrons. The first-order valence-electron chi connectivity index (χ1n) is 12.0. The fourth-order valence-electron chi connectivity index (χ4n) is 4.30. The van der Waals surface area contributed by atoms with Crippen LogP contribution < -0.4 is 10.2 Å². The molecule has 1 saturated heterocycles. The predicted octanol–water partition coefficient (Wildman–Crippen LogP) is 6.09. The largest absolute Gasteiger partial charge is 0.382 e. The summed E-state index contributed by atoms with van der Waals surface area (Å²) in [5.74, 6) is 0.346. The van der Waals surface area contributed by atoms with Crippen LogP contribution in [0.25, 0.3) is 0 Å². The number of nitrogens with one attached hydrogen (secondary N) is 1. The van der Waals surface area contributed by atoms with E-state index < -0.39 is 6.55 Å². The maximum Gasteiger partial charge on any atom is 0.320 e.